The third-order valence-electron chi connectivity index (χ3n) is 1.70. The van der Waals surface area contributed by atoms with Gasteiger partial charge >= 0.3 is 5.97 Å². The van der Waals surface area contributed by atoms with Crippen molar-refractivity contribution in [3.05, 3.63) is 30.3 Å². The lowest BCUT2D eigenvalue weighted by atomic mass is 10.3. The molecule has 13 heavy (non-hydrogen) atoms. The normalized spacial score (nSPS) is 21.8. The maximum atomic E-state index is 11.0. The van der Waals surface area contributed by atoms with Crippen molar-refractivity contribution in [2.24, 2.45) is 0 Å². The number of benzene rings is 1. The highest BCUT2D eigenvalue weighted by molar-refractivity contribution is 9.10. The molecule has 1 aromatic carbocycles. The lowest BCUT2D eigenvalue weighted by Crippen LogP contribution is -2.34. The van der Waals surface area contributed by atoms with Crippen molar-refractivity contribution < 1.29 is 9.63 Å². The number of hydrogen-bond donors (Lipinski definition) is 1. The van der Waals surface area contributed by atoms with Gasteiger partial charge in [0.15, 0.2) is 0 Å². The number of nitrogens with one attached hydrogen (secondary N) is 1. The molecule has 1 N–H and O–H groups in total. The molecule has 1 heterocycles. The van der Waals surface area contributed by atoms with Crippen LogP contribution in [0.5, 0.6) is 0 Å². The van der Waals surface area contributed by atoms with Gasteiger partial charge in [-0.3, -0.25) is 5.01 Å². The molecule has 2 rings (SSSR count). The van der Waals surface area contributed by atoms with Crippen molar-refractivity contribution >= 4 is 27.6 Å². The summed E-state index contributed by atoms with van der Waals surface area (Å²) in [6, 6.07) is 9.44. The number of nitrogens with zero attached hydrogens (tertiary/aromatic N) is 1. The number of carbonyl (C=O) groups is 1. The van der Waals surface area contributed by atoms with Gasteiger partial charge in [-0.1, -0.05) is 39.7 Å². The molecule has 4 nitrogen and oxygen atoms in total. The van der Waals surface area contributed by atoms with Crippen LogP contribution in [0.2, 0.25) is 0 Å². The maximum Gasteiger partial charge on any atom is 0.361 e. The number of anilines is 1. The molecule has 1 aliphatic heterocycles. The molecule has 0 saturated carbocycles. The zero-order valence-corrected chi connectivity index (χ0v) is 8.19. The average Bonchev–Trinajstić information content (AvgIpc) is 2.49. The molecule has 0 amide bonds. The van der Waals surface area contributed by atoms with Crippen LogP contribution >= 0.6 is 15.9 Å². The van der Waals surface area contributed by atoms with E-state index >= 15 is 0 Å². The first-order valence-electron chi connectivity index (χ1n) is 3.74. The van der Waals surface area contributed by atoms with Crippen molar-refractivity contribution in [2.45, 2.75) is 4.95 Å². The number of alkyl halides is 1. The summed E-state index contributed by atoms with van der Waals surface area (Å²) in [5.74, 6) is -0.344. The Kier molecular flexibility index (Phi) is 2.20. The Bertz CT molecular complexity index is 317. The summed E-state index contributed by atoms with van der Waals surface area (Å²) in [5, 5.41) is 1.60. The number of hydrazine groups is 1. The minimum absolute atomic E-state index is 0.344. The molecule has 1 atom stereocenters. The van der Waals surface area contributed by atoms with Crippen LogP contribution < -0.4 is 10.6 Å². The highest BCUT2D eigenvalue weighted by Gasteiger charge is 2.32. The summed E-state index contributed by atoms with van der Waals surface area (Å²) < 4.78 is 0. The van der Waals surface area contributed by atoms with Gasteiger partial charge in [0, 0.05) is 0 Å². The van der Waals surface area contributed by atoms with Gasteiger partial charge in [-0.15, -0.1) is 0 Å². The van der Waals surface area contributed by atoms with Crippen LogP contribution in [-0.4, -0.2) is 10.9 Å². The van der Waals surface area contributed by atoms with Crippen LogP contribution in [0, 0.1) is 0 Å². The van der Waals surface area contributed by atoms with Gasteiger partial charge in [-0.05, 0) is 12.1 Å². The van der Waals surface area contributed by atoms with Crippen LogP contribution in [0.15, 0.2) is 30.3 Å². The van der Waals surface area contributed by atoms with E-state index < -0.39 is 4.95 Å². The topological polar surface area (TPSA) is 41.6 Å². The van der Waals surface area contributed by atoms with Gasteiger partial charge in [0.05, 0.1) is 5.69 Å². The summed E-state index contributed by atoms with van der Waals surface area (Å²) >= 11 is 3.20. The Balaban J connectivity index is 2.24. The predicted octanol–water partition coefficient (Wildman–Crippen LogP) is 1.19. The summed E-state index contributed by atoms with van der Waals surface area (Å²) in [6.07, 6.45) is 0. The number of rotatable bonds is 1. The molecular weight excluding hydrogens is 236 g/mol. The molecule has 0 aromatic heterocycles. The molecule has 1 saturated heterocycles. The van der Waals surface area contributed by atoms with Gasteiger partial charge in [-0.25, -0.2) is 4.79 Å². The van der Waals surface area contributed by atoms with E-state index in [1.165, 1.54) is 0 Å². The fourth-order valence-corrected chi connectivity index (χ4v) is 1.48. The molecule has 1 aliphatic rings. The molecule has 0 bridgehead atoms. The largest absolute Gasteiger partial charge is 0.361 e. The van der Waals surface area contributed by atoms with E-state index in [9.17, 15) is 4.79 Å². The fourth-order valence-electron chi connectivity index (χ4n) is 1.07. The molecule has 0 aliphatic carbocycles. The minimum Gasteiger partial charge on any atom is -0.347 e. The van der Waals surface area contributed by atoms with Crippen LogP contribution in [0.1, 0.15) is 0 Å². The molecule has 1 fully saturated rings. The van der Waals surface area contributed by atoms with E-state index in [4.69, 9.17) is 0 Å². The first-order chi connectivity index (χ1) is 6.29. The predicted molar refractivity (Wildman–Crippen MR) is 50.9 cm³/mol. The SMILES string of the molecule is O=C1ONN(c2ccccc2)C1Br. The fraction of sp³-hybridized carbons (Fsp3) is 0.125. The summed E-state index contributed by atoms with van der Waals surface area (Å²) in [5.41, 5.74) is 3.38. The lowest BCUT2D eigenvalue weighted by molar-refractivity contribution is -0.142. The highest BCUT2D eigenvalue weighted by atomic mass is 79.9. The molecule has 5 heteroatoms. The Labute approximate surface area is 83.5 Å². The van der Waals surface area contributed by atoms with Gasteiger partial charge in [0.1, 0.15) is 0 Å². The number of para-hydroxylation sites is 1. The Morgan fingerprint density at radius 3 is 2.62 bits per heavy atom. The van der Waals surface area contributed by atoms with Crippen molar-refractivity contribution in [1.82, 2.24) is 5.59 Å². The van der Waals surface area contributed by atoms with Crippen molar-refractivity contribution in [3.63, 3.8) is 0 Å². The van der Waals surface area contributed by atoms with Crippen LogP contribution in [0.3, 0.4) is 0 Å². The van der Waals surface area contributed by atoms with Gasteiger partial charge in [0.2, 0.25) is 4.95 Å². The standard InChI is InChI=1S/C8H7BrN2O2/c9-7-8(12)13-10-11(7)6-4-2-1-3-5-6/h1-5,7,10H. The monoisotopic (exact) mass is 242 g/mol. The van der Waals surface area contributed by atoms with E-state index in [2.05, 4.69) is 26.4 Å². The minimum atomic E-state index is -0.463. The third kappa shape index (κ3) is 1.52. The zero-order chi connectivity index (χ0) is 9.26. The first kappa shape index (κ1) is 8.52. The zero-order valence-electron chi connectivity index (χ0n) is 6.61. The third-order valence-corrected chi connectivity index (χ3v) is 2.48. The number of halogens is 1. The summed E-state index contributed by atoms with van der Waals surface area (Å²) in [7, 11) is 0. The van der Waals surface area contributed by atoms with Crippen molar-refractivity contribution in [2.75, 3.05) is 5.01 Å². The van der Waals surface area contributed by atoms with E-state index in [1.807, 2.05) is 30.3 Å². The van der Waals surface area contributed by atoms with Gasteiger partial charge in [0.25, 0.3) is 0 Å². The molecule has 0 spiro atoms. The smallest absolute Gasteiger partial charge is 0.347 e. The summed E-state index contributed by atoms with van der Waals surface area (Å²) in [4.78, 5) is 15.1. The maximum absolute atomic E-state index is 11.0. The second-order valence-electron chi connectivity index (χ2n) is 2.55. The lowest BCUT2D eigenvalue weighted by Gasteiger charge is -2.16. The van der Waals surface area contributed by atoms with E-state index in [0.717, 1.165) is 5.69 Å². The van der Waals surface area contributed by atoms with Crippen LogP contribution in [0.4, 0.5) is 5.69 Å². The Morgan fingerprint density at radius 1 is 1.38 bits per heavy atom. The molecule has 1 aromatic rings. The average molecular weight is 243 g/mol. The van der Waals surface area contributed by atoms with Crippen molar-refractivity contribution in [1.29, 1.82) is 0 Å². The second kappa shape index (κ2) is 3.35. The number of carbonyl (C=O) groups excluding carboxylic acids is 1. The van der Waals surface area contributed by atoms with Crippen LogP contribution in [-0.2, 0) is 9.63 Å². The molecule has 68 valence electrons. The van der Waals surface area contributed by atoms with Crippen molar-refractivity contribution in [3.8, 4) is 0 Å². The highest BCUT2D eigenvalue weighted by Crippen LogP contribution is 2.21. The Hall–Kier alpha value is -1.07. The molecule has 1 unspecified atom stereocenters. The van der Waals surface area contributed by atoms with E-state index in [0.29, 0.717) is 0 Å². The van der Waals surface area contributed by atoms with E-state index in [-0.39, 0.29) is 5.97 Å². The summed E-state index contributed by atoms with van der Waals surface area (Å²) in [6.45, 7) is 0. The quantitative estimate of drug-likeness (QED) is 0.594. The first-order valence-corrected chi connectivity index (χ1v) is 4.65. The van der Waals surface area contributed by atoms with E-state index in [1.54, 1.807) is 5.01 Å². The number of hydrogen-bond acceptors (Lipinski definition) is 4. The Morgan fingerprint density at radius 2 is 2.08 bits per heavy atom. The van der Waals surface area contributed by atoms with Gasteiger partial charge < -0.3 is 4.84 Å². The van der Waals surface area contributed by atoms with Crippen LogP contribution in [0.25, 0.3) is 0 Å². The second-order valence-corrected chi connectivity index (χ2v) is 3.42. The molecule has 0 radical (unpaired) electrons. The molecular formula is C8H7BrN2O2. The van der Waals surface area contributed by atoms with Gasteiger partial charge in [-0.2, -0.15) is 0 Å².